The second-order valence-electron chi connectivity index (χ2n) is 7.23. The summed E-state index contributed by atoms with van der Waals surface area (Å²) in [5.74, 6) is -1.71. The second kappa shape index (κ2) is 7.96. The Hall–Kier alpha value is -2.52. The standard InChI is InChI=1S/C22H24N2O5S/c1-2-16-7-9-17(10-8-16)30(27,28)23-20-15-21-22(26,19-6-4-3-5-18(19)20)29-14-12-24(21)11-13-25/h3-10,15,25-26H,2,11-14H2,1H3. The Labute approximate surface area is 176 Å². The zero-order valence-corrected chi connectivity index (χ0v) is 17.5. The summed E-state index contributed by atoms with van der Waals surface area (Å²) in [6.45, 7) is 2.92. The number of fused-ring (bicyclic) bond motifs is 3. The SMILES string of the molecule is CCc1ccc(S(=O)(=O)N=C2C=C3N(CCO)CCOC3(O)c3ccccc32)cc1. The number of rotatable bonds is 5. The lowest BCUT2D eigenvalue weighted by molar-refractivity contribution is -0.219. The monoisotopic (exact) mass is 428 g/mol. The van der Waals surface area contributed by atoms with Crippen molar-refractivity contribution in [2.45, 2.75) is 24.0 Å². The molecule has 1 aliphatic heterocycles. The Bertz CT molecular complexity index is 1110. The van der Waals surface area contributed by atoms with Gasteiger partial charge in [-0.15, -0.1) is 0 Å². The summed E-state index contributed by atoms with van der Waals surface area (Å²) in [6.07, 6.45) is 2.35. The van der Waals surface area contributed by atoms with Crippen LogP contribution in [-0.2, 0) is 27.0 Å². The molecule has 1 saturated heterocycles. The highest BCUT2D eigenvalue weighted by Gasteiger charge is 2.46. The van der Waals surface area contributed by atoms with Crippen molar-refractivity contribution in [3.63, 3.8) is 0 Å². The second-order valence-corrected chi connectivity index (χ2v) is 8.83. The minimum Gasteiger partial charge on any atom is -0.395 e. The van der Waals surface area contributed by atoms with Gasteiger partial charge < -0.3 is 19.8 Å². The van der Waals surface area contributed by atoms with Gasteiger partial charge in [-0.1, -0.05) is 43.3 Å². The molecule has 2 aromatic carbocycles. The molecule has 7 nitrogen and oxygen atoms in total. The molecule has 0 saturated carbocycles. The smallest absolute Gasteiger partial charge is 0.282 e. The third-order valence-electron chi connectivity index (χ3n) is 5.42. The molecule has 1 aliphatic carbocycles. The first-order chi connectivity index (χ1) is 14.4. The molecule has 4 rings (SSSR count). The van der Waals surface area contributed by atoms with E-state index >= 15 is 0 Å². The minimum atomic E-state index is -3.96. The molecule has 1 fully saturated rings. The van der Waals surface area contributed by atoms with Gasteiger partial charge >= 0.3 is 0 Å². The third kappa shape index (κ3) is 3.56. The molecule has 0 aromatic heterocycles. The van der Waals surface area contributed by atoms with E-state index in [4.69, 9.17) is 4.74 Å². The maximum Gasteiger partial charge on any atom is 0.282 e. The summed E-state index contributed by atoms with van der Waals surface area (Å²) in [5.41, 5.74) is 2.55. The summed E-state index contributed by atoms with van der Waals surface area (Å²) >= 11 is 0. The average Bonchev–Trinajstić information content (AvgIpc) is 2.75. The summed E-state index contributed by atoms with van der Waals surface area (Å²) in [5, 5.41) is 20.7. The normalized spacial score (nSPS) is 22.4. The molecule has 1 heterocycles. The Kier molecular flexibility index (Phi) is 5.50. The Morgan fingerprint density at radius 3 is 2.60 bits per heavy atom. The molecule has 1 atom stereocenters. The van der Waals surface area contributed by atoms with E-state index in [-0.39, 0.29) is 30.4 Å². The van der Waals surface area contributed by atoms with E-state index < -0.39 is 15.8 Å². The summed E-state index contributed by atoms with van der Waals surface area (Å²) in [4.78, 5) is 1.90. The zero-order valence-electron chi connectivity index (χ0n) is 16.7. The first kappa shape index (κ1) is 20.7. The van der Waals surface area contributed by atoms with Crippen molar-refractivity contribution < 1.29 is 23.4 Å². The van der Waals surface area contributed by atoms with E-state index in [0.29, 0.717) is 23.4 Å². The lowest BCUT2D eigenvalue weighted by Gasteiger charge is -2.45. The average molecular weight is 429 g/mol. The number of benzene rings is 2. The number of morpholine rings is 1. The maximum absolute atomic E-state index is 13.0. The molecule has 8 heteroatoms. The van der Waals surface area contributed by atoms with Crippen LogP contribution in [0, 0.1) is 0 Å². The van der Waals surface area contributed by atoms with Crippen molar-refractivity contribution in [2.75, 3.05) is 26.3 Å². The summed E-state index contributed by atoms with van der Waals surface area (Å²) in [7, 11) is -3.96. The van der Waals surface area contributed by atoms with Gasteiger partial charge in [0.2, 0.25) is 5.79 Å². The quantitative estimate of drug-likeness (QED) is 0.753. The van der Waals surface area contributed by atoms with Crippen LogP contribution in [0.3, 0.4) is 0 Å². The lowest BCUT2D eigenvalue weighted by atomic mass is 9.86. The van der Waals surface area contributed by atoms with Gasteiger partial charge in [-0.3, -0.25) is 0 Å². The Morgan fingerprint density at radius 2 is 1.90 bits per heavy atom. The third-order valence-corrected chi connectivity index (χ3v) is 6.72. The number of hydrogen-bond donors (Lipinski definition) is 2. The molecule has 2 aliphatic rings. The van der Waals surface area contributed by atoms with Gasteiger partial charge in [0.1, 0.15) is 0 Å². The van der Waals surface area contributed by atoms with E-state index in [0.717, 1.165) is 12.0 Å². The molecule has 0 spiro atoms. The highest BCUT2D eigenvalue weighted by molar-refractivity contribution is 7.90. The van der Waals surface area contributed by atoms with E-state index in [1.165, 1.54) is 6.08 Å². The number of ether oxygens (including phenoxy) is 1. The number of aliphatic hydroxyl groups is 2. The number of β-amino-alcohol motifs (C(OH)–C–C–N with tert-alkyl or cyclic N) is 1. The van der Waals surface area contributed by atoms with Crippen LogP contribution in [0.2, 0.25) is 0 Å². The summed E-state index contributed by atoms with van der Waals surface area (Å²) in [6, 6.07) is 13.6. The van der Waals surface area contributed by atoms with Gasteiger partial charge in [-0.05, 0) is 30.2 Å². The van der Waals surface area contributed by atoms with Crippen LogP contribution in [0.4, 0.5) is 0 Å². The van der Waals surface area contributed by atoms with Gasteiger partial charge in [0.05, 0.1) is 29.5 Å². The highest BCUT2D eigenvalue weighted by atomic mass is 32.2. The first-order valence-electron chi connectivity index (χ1n) is 9.87. The molecule has 30 heavy (non-hydrogen) atoms. The topological polar surface area (TPSA) is 99.4 Å². The molecular weight excluding hydrogens is 404 g/mol. The summed E-state index contributed by atoms with van der Waals surface area (Å²) < 4.78 is 35.8. The van der Waals surface area contributed by atoms with E-state index in [2.05, 4.69) is 4.40 Å². The number of sulfonamides is 1. The number of aryl methyl sites for hydroxylation is 1. The molecule has 158 valence electrons. The van der Waals surface area contributed by atoms with Crippen molar-refractivity contribution in [2.24, 2.45) is 4.40 Å². The van der Waals surface area contributed by atoms with Crippen molar-refractivity contribution in [1.82, 2.24) is 4.90 Å². The molecule has 0 radical (unpaired) electrons. The number of aliphatic hydroxyl groups excluding tert-OH is 1. The van der Waals surface area contributed by atoms with E-state index in [1.54, 1.807) is 53.4 Å². The fraction of sp³-hybridized carbons (Fsp3) is 0.318. The van der Waals surface area contributed by atoms with Crippen LogP contribution in [0.5, 0.6) is 0 Å². The predicted octanol–water partition coefficient (Wildman–Crippen LogP) is 1.79. The van der Waals surface area contributed by atoms with Crippen molar-refractivity contribution in [3.05, 3.63) is 77.0 Å². The van der Waals surface area contributed by atoms with Crippen LogP contribution in [0.1, 0.15) is 23.6 Å². The highest BCUT2D eigenvalue weighted by Crippen LogP contribution is 2.41. The van der Waals surface area contributed by atoms with Crippen LogP contribution < -0.4 is 0 Å². The molecule has 1 unspecified atom stereocenters. The molecule has 2 aromatic rings. The van der Waals surface area contributed by atoms with Gasteiger partial charge in [-0.2, -0.15) is 12.8 Å². The fourth-order valence-electron chi connectivity index (χ4n) is 3.83. The van der Waals surface area contributed by atoms with Gasteiger partial charge in [0, 0.05) is 24.2 Å². The fourth-order valence-corrected chi connectivity index (χ4v) is 4.83. The van der Waals surface area contributed by atoms with E-state index in [1.807, 2.05) is 6.92 Å². The molecule has 0 amide bonds. The van der Waals surface area contributed by atoms with Crippen LogP contribution >= 0.6 is 0 Å². The van der Waals surface area contributed by atoms with Gasteiger partial charge in [0.25, 0.3) is 10.0 Å². The molecular formula is C22H24N2O5S. The van der Waals surface area contributed by atoms with Gasteiger partial charge in [-0.25, -0.2) is 0 Å². The van der Waals surface area contributed by atoms with Gasteiger partial charge in [0.15, 0.2) is 0 Å². The number of allylic oxidation sites excluding steroid dienone is 1. The molecule has 0 bridgehead atoms. The van der Waals surface area contributed by atoms with E-state index in [9.17, 15) is 18.6 Å². The Morgan fingerprint density at radius 1 is 1.17 bits per heavy atom. The van der Waals surface area contributed by atoms with Crippen LogP contribution in [0.15, 0.2) is 69.6 Å². The first-order valence-corrected chi connectivity index (χ1v) is 11.3. The minimum absolute atomic E-state index is 0.107. The largest absolute Gasteiger partial charge is 0.395 e. The Balaban J connectivity index is 1.85. The van der Waals surface area contributed by atoms with Crippen molar-refractivity contribution in [3.8, 4) is 0 Å². The van der Waals surface area contributed by atoms with Crippen molar-refractivity contribution in [1.29, 1.82) is 0 Å². The van der Waals surface area contributed by atoms with Crippen molar-refractivity contribution >= 4 is 15.7 Å². The zero-order chi connectivity index (χ0) is 21.4. The van der Waals surface area contributed by atoms with Crippen LogP contribution in [-0.4, -0.2) is 55.5 Å². The maximum atomic E-state index is 13.0. The number of nitrogens with zero attached hydrogens (tertiary/aromatic N) is 2. The molecule has 2 N–H and O–H groups in total. The predicted molar refractivity (Wildman–Crippen MR) is 113 cm³/mol. The van der Waals surface area contributed by atoms with Crippen LogP contribution in [0.25, 0.3) is 0 Å². The lowest BCUT2D eigenvalue weighted by Crippen LogP contribution is -2.50. The number of hydrogen-bond acceptors (Lipinski definition) is 6.